The summed E-state index contributed by atoms with van der Waals surface area (Å²) in [6.45, 7) is 2.18. The minimum atomic E-state index is -0.00761. The summed E-state index contributed by atoms with van der Waals surface area (Å²) in [5, 5.41) is 17.3. The molecule has 18 heavy (non-hydrogen) atoms. The summed E-state index contributed by atoms with van der Waals surface area (Å²) in [7, 11) is 1.82. The van der Waals surface area contributed by atoms with Crippen LogP contribution in [0.25, 0.3) is 0 Å². The Morgan fingerprint density at radius 3 is 2.44 bits per heavy atom. The highest BCUT2D eigenvalue weighted by Gasteiger charge is 2.14. The lowest BCUT2D eigenvalue weighted by atomic mass is 10.1. The van der Waals surface area contributed by atoms with Gasteiger partial charge in [-0.25, -0.2) is 0 Å². The molecule has 0 aromatic heterocycles. The van der Waals surface area contributed by atoms with E-state index in [2.05, 4.69) is 6.07 Å². The lowest BCUT2D eigenvalue weighted by molar-refractivity contribution is 0.0926. The van der Waals surface area contributed by atoms with E-state index in [0.29, 0.717) is 17.5 Å². The molecule has 0 aliphatic heterocycles. The summed E-state index contributed by atoms with van der Waals surface area (Å²) in [5.74, 6) is -0.00761. The lowest BCUT2D eigenvalue weighted by Gasteiger charge is -2.21. The summed E-state index contributed by atoms with van der Waals surface area (Å²) in [4.78, 5) is 13.8. The SMILES string of the molecule is CC(CC#N)N(C)CC(=O)c1ccc(C#N)cc1. The number of carbonyl (C=O) groups excluding carboxylic acids is 1. The van der Waals surface area contributed by atoms with Gasteiger partial charge >= 0.3 is 0 Å². The molecule has 1 aromatic carbocycles. The topological polar surface area (TPSA) is 67.9 Å². The van der Waals surface area contributed by atoms with Crippen LogP contribution < -0.4 is 0 Å². The number of likely N-dealkylation sites (N-methyl/N-ethyl adjacent to an activating group) is 1. The fourth-order valence-electron chi connectivity index (χ4n) is 1.49. The van der Waals surface area contributed by atoms with Crippen molar-refractivity contribution in [1.82, 2.24) is 4.90 Å². The number of hydrogen-bond acceptors (Lipinski definition) is 4. The molecule has 0 spiro atoms. The van der Waals surface area contributed by atoms with Crippen molar-refractivity contribution in [2.45, 2.75) is 19.4 Å². The molecule has 0 aliphatic carbocycles. The number of Topliss-reactive ketones (excluding diaryl/α,β-unsaturated/α-hetero) is 1. The van der Waals surface area contributed by atoms with Gasteiger partial charge in [-0.05, 0) is 26.1 Å². The van der Waals surface area contributed by atoms with Crippen LogP contribution in [0.3, 0.4) is 0 Å². The van der Waals surface area contributed by atoms with Gasteiger partial charge in [0.1, 0.15) is 0 Å². The normalized spacial score (nSPS) is 11.6. The average Bonchev–Trinajstić information content (AvgIpc) is 2.39. The van der Waals surface area contributed by atoms with E-state index in [-0.39, 0.29) is 18.4 Å². The maximum Gasteiger partial charge on any atom is 0.176 e. The van der Waals surface area contributed by atoms with Gasteiger partial charge < -0.3 is 0 Å². The first-order valence-corrected chi connectivity index (χ1v) is 5.69. The highest BCUT2D eigenvalue weighted by atomic mass is 16.1. The molecular formula is C14H15N3O. The molecule has 0 saturated heterocycles. The largest absolute Gasteiger partial charge is 0.295 e. The molecule has 0 bridgehead atoms. The van der Waals surface area contributed by atoms with Crippen LogP contribution in [0.15, 0.2) is 24.3 Å². The van der Waals surface area contributed by atoms with Crippen LogP contribution in [0.5, 0.6) is 0 Å². The Hall–Kier alpha value is -2.17. The van der Waals surface area contributed by atoms with E-state index in [1.54, 1.807) is 24.3 Å². The van der Waals surface area contributed by atoms with Crippen molar-refractivity contribution >= 4 is 5.78 Å². The second kappa shape index (κ2) is 6.54. The Balaban J connectivity index is 2.65. The number of hydrogen-bond donors (Lipinski definition) is 0. The van der Waals surface area contributed by atoms with Crippen LogP contribution in [-0.4, -0.2) is 30.3 Å². The van der Waals surface area contributed by atoms with Crippen LogP contribution in [0.1, 0.15) is 29.3 Å². The van der Waals surface area contributed by atoms with Gasteiger partial charge in [0, 0.05) is 11.6 Å². The molecule has 1 rings (SSSR count). The molecule has 1 atom stereocenters. The number of benzene rings is 1. The van der Waals surface area contributed by atoms with E-state index in [1.165, 1.54) is 0 Å². The van der Waals surface area contributed by atoms with E-state index in [4.69, 9.17) is 10.5 Å². The first-order valence-electron chi connectivity index (χ1n) is 5.69. The molecule has 0 aliphatic rings. The third-order valence-electron chi connectivity index (χ3n) is 2.87. The molecule has 1 unspecified atom stereocenters. The average molecular weight is 241 g/mol. The van der Waals surface area contributed by atoms with Crippen LogP contribution in [-0.2, 0) is 0 Å². The summed E-state index contributed by atoms with van der Waals surface area (Å²) in [6, 6.07) is 10.7. The lowest BCUT2D eigenvalue weighted by Crippen LogP contribution is -2.33. The van der Waals surface area contributed by atoms with Gasteiger partial charge in [-0.15, -0.1) is 0 Å². The van der Waals surface area contributed by atoms with Gasteiger partial charge in [-0.1, -0.05) is 12.1 Å². The summed E-state index contributed by atoms with van der Waals surface area (Å²) < 4.78 is 0. The maximum atomic E-state index is 12.0. The Labute approximate surface area is 107 Å². The van der Waals surface area contributed by atoms with Crippen molar-refractivity contribution in [1.29, 1.82) is 10.5 Å². The van der Waals surface area contributed by atoms with E-state index in [1.807, 2.05) is 24.9 Å². The van der Waals surface area contributed by atoms with Crippen molar-refractivity contribution in [3.63, 3.8) is 0 Å². The van der Waals surface area contributed by atoms with Gasteiger partial charge in [0.15, 0.2) is 5.78 Å². The predicted octanol–water partition coefficient (Wildman–Crippen LogP) is 1.97. The van der Waals surface area contributed by atoms with Crippen LogP contribution in [0.2, 0.25) is 0 Å². The van der Waals surface area contributed by atoms with Crippen LogP contribution in [0.4, 0.5) is 0 Å². The Morgan fingerprint density at radius 2 is 1.94 bits per heavy atom. The van der Waals surface area contributed by atoms with Crippen molar-refractivity contribution in [3.8, 4) is 12.1 Å². The van der Waals surface area contributed by atoms with Crippen molar-refractivity contribution < 1.29 is 4.79 Å². The number of nitrogens with zero attached hydrogens (tertiary/aromatic N) is 3. The molecule has 1 aromatic rings. The molecule has 0 fully saturated rings. The number of carbonyl (C=O) groups is 1. The second-order valence-electron chi connectivity index (χ2n) is 4.24. The van der Waals surface area contributed by atoms with Gasteiger partial charge in [-0.2, -0.15) is 10.5 Å². The Kier molecular flexibility index (Phi) is 5.05. The molecular weight excluding hydrogens is 226 g/mol. The monoisotopic (exact) mass is 241 g/mol. The van der Waals surface area contributed by atoms with Crippen LogP contribution in [0, 0.1) is 22.7 Å². The van der Waals surface area contributed by atoms with Gasteiger partial charge in [0.2, 0.25) is 0 Å². The Bertz CT molecular complexity index is 493. The molecule has 0 saturated carbocycles. The maximum absolute atomic E-state index is 12.0. The number of nitriles is 2. The van der Waals surface area contributed by atoms with Gasteiger partial charge in [-0.3, -0.25) is 9.69 Å². The quantitative estimate of drug-likeness (QED) is 0.739. The highest BCUT2D eigenvalue weighted by Crippen LogP contribution is 2.07. The molecule has 0 N–H and O–H groups in total. The third kappa shape index (κ3) is 3.69. The number of rotatable bonds is 5. The van der Waals surface area contributed by atoms with Crippen LogP contribution >= 0.6 is 0 Å². The zero-order valence-corrected chi connectivity index (χ0v) is 10.6. The Morgan fingerprint density at radius 1 is 1.33 bits per heavy atom. The summed E-state index contributed by atoms with van der Waals surface area (Å²) in [6.07, 6.45) is 0.400. The molecule has 4 heteroatoms. The first-order chi connectivity index (χ1) is 8.58. The molecule has 92 valence electrons. The smallest absolute Gasteiger partial charge is 0.176 e. The second-order valence-corrected chi connectivity index (χ2v) is 4.24. The molecule has 0 radical (unpaired) electrons. The fraction of sp³-hybridized carbons (Fsp3) is 0.357. The highest BCUT2D eigenvalue weighted by molar-refractivity contribution is 5.97. The third-order valence-corrected chi connectivity index (χ3v) is 2.87. The van der Waals surface area contributed by atoms with E-state index in [9.17, 15) is 4.79 Å². The predicted molar refractivity (Wildman–Crippen MR) is 67.8 cm³/mol. The summed E-state index contributed by atoms with van der Waals surface area (Å²) in [5.41, 5.74) is 1.13. The van der Waals surface area contributed by atoms with Crippen molar-refractivity contribution in [2.24, 2.45) is 0 Å². The zero-order chi connectivity index (χ0) is 13.5. The number of ketones is 1. The van der Waals surface area contributed by atoms with E-state index in [0.717, 1.165) is 0 Å². The van der Waals surface area contributed by atoms with E-state index >= 15 is 0 Å². The minimum absolute atomic E-state index is 0.00761. The van der Waals surface area contributed by atoms with Crippen molar-refractivity contribution in [2.75, 3.05) is 13.6 Å². The van der Waals surface area contributed by atoms with Crippen molar-refractivity contribution in [3.05, 3.63) is 35.4 Å². The first kappa shape index (κ1) is 13.9. The standard InChI is InChI=1S/C14H15N3O/c1-11(7-8-15)17(2)10-14(18)13-5-3-12(9-16)4-6-13/h3-6,11H,7,10H2,1-2H3. The molecule has 0 amide bonds. The molecule has 0 heterocycles. The van der Waals surface area contributed by atoms with Gasteiger partial charge in [0.05, 0.1) is 30.7 Å². The minimum Gasteiger partial charge on any atom is -0.295 e. The zero-order valence-electron chi connectivity index (χ0n) is 10.6. The van der Waals surface area contributed by atoms with E-state index < -0.39 is 0 Å². The fourth-order valence-corrected chi connectivity index (χ4v) is 1.49. The molecule has 4 nitrogen and oxygen atoms in total. The summed E-state index contributed by atoms with van der Waals surface area (Å²) >= 11 is 0. The van der Waals surface area contributed by atoms with Gasteiger partial charge in [0.25, 0.3) is 0 Å².